The zero-order valence-corrected chi connectivity index (χ0v) is 11.8. The molecule has 2 aromatic carbocycles. The summed E-state index contributed by atoms with van der Waals surface area (Å²) >= 11 is 0. The van der Waals surface area contributed by atoms with Crippen molar-refractivity contribution in [3.63, 3.8) is 0 Å². The van der Waals surface area contributed by atoms with Gasteiger partial charge in [-0.3, -0.25) is 4.79 Å². The fourth-order valence-corrected chi connectivity index (χ4v) is 2.64. The average Bonchev–Trinajstić information content (AvgIpc) is 2.87. The third-order valence-corrected chi connectivity index (χ3v) is 3.71. The summed E-state index contributed by atoms with van der Waals surface area (Å²) in [6, 6.07) is 17.6. The zero-order chi connectivity index (χ0) is 14.1. The molecule has 2 nitrogen and oxygen atoms in total. The maximum atomic E-state index is 12.7. The molecule has 100 valence electrons. The smallest absolute Gasteiger partial charge is 0.258 e. The average molecular weight is 263 g/mol. The van der Waals surface area contributed by atoms with Crippen LogP contribution in [0.15, 0.2) is 60.2 Å². The number of hydrogen-bond acceptors (Lipinski definition) is 1. The summed E-state index contributed by atoms with van der Waals surface area (Å²) in [7, 11) is 0. The van der Waals surface area contributed by atoms with Crippen LogP contribution in [0.2, 0.25) is 0 Å². The SMILES string of the molecule is CC(C)=C1CN(C(=O)c2ccccc2)c2ccccc21. The van der Waals surface area contributed by atoms with E-state index < -0.39 is 0 Å². The van der Waals surface area contributed by atoms with E-state index in [0.29, 0.717) is 6.54 Å². The number of carbonyl (C=O) groups excluding carboxylic acids is 1. The molecule has 0 aliphatic carbocycles. The van der Waals surface area contributed by atoms with Crippen LogP contribution in [0, 0.1) is 0 Å². The number of carbonyl (C=O) groups is 1. The van der Waals surface area contributed by atoms with Crippen molar-refractivity contribution in [3.05, 3.63) is 71.3 Å². The first-order chi connectivity index (χ1) is 9.68. The van der Waals surface area contributed by atoms with Gasteiger partial charge in [0, 0.05) is 11.1 Å². The van der Waals surface area contributed by atoms with Gasteiger partial charge in [-0.1, -0.05) is 42.0 Å². The lowest BCUT2D eigenvalue weighted by molar-refractivity contribution is 0.0991. The Hall–Kier alpha value is -2.35. The Morgan fingerprint density at radius 1 is 0.950 bits per heavy atom. The summed E-state index contributed by atoms with van der Waals surface area (Å²) in [5.74, 6) is 0.0642. The molecule has 0 bridgehead atoms. The van der Waals surface area contributed by atoms with E-state index in [9.17, 15) is 4.79 Å². The molecule has 0 radical (unpaired) electrons. The lowest BCUT2D eigenvalue weighted by Gasteiger charge is -2.17. The normalized spacial score (nSPS) is 13.3. The molecule has 1 aliphatic heterocycles. The summed E-state index contributed by atoms with van der Waals surface area (Å²) in [6.07, 6.45) is 0. The maximum absolute atomic E-state index is 12.7. The Bertz CT molecular complexity index is 682. The predicted octanol–water partition coefficient (Wildman–Crippen LogP) is 4.14. The number of benzene rings is 2. The maximum Gasteiger partial charge on any atom is 0.258 e. The molecule has 20 heavy (non-hydrogen) atoms. The molecule has 1 amide bonds. The van der Waals surface area contributed by atoms with Gasteiger partial charge in [-0.25, -0.2) is 0 Å². The van der Waals surface area contributed by atoms with Gasteiger partial charge in [0.2, 0.25) is 0 Å². The lowest BCUT2D eigenvalue weighted by Crippen LogP contribution is -2.28. The second-order valence-corrected chi connectivity index (χ2v) is 5.25. The van der Waals surface area contributed by atoms with Gasteiger partial charge < -0.3 is 4.90 Å². The highest BCUT2D eigenvalue weighted by Gasteiger charge is 2.28. The van der Waals surface area contributed by atoms with Gasteiger partial charge in [0.25, 0.3) is 5.91 Å². The number of anilines is 1. The minimum Gasteiger partial charge on any atom is -0.303 e. The van der Waals surface area contributed by atoms with Crippen molar-refractivity contribution in [1.82, 2.24) is 0 Å². The fraction of sp³-hybridized carbons (Fsp3) is 0.167. The van der Waals surface area contributed by atoms with Crippen molar-refractivity contribution in [2.24, 2.45) is 0 Å². The first-order valence-corrected chi connectivity index (χ1v) is 6.81. The van der Waals surface area contributed by atoms with Crippen LogP contribution in [0.3, 0.4) is 0 Å². The highest BCUT2D eigenvalue weighted by Crippen LogP contribution is 2.37. The van der Waals surface area contributed by atoms with Crippen molar-refractivity contribution >= 4 is 17.2 Å². The Morgan fingerprint density at radius 3 is 2.30 bits per heavy atom. The summed E-state index contributed by atoms with van der Waals surface area (Å²) in [6.45, 7) is 4.86. The van der Waals surface area contributed by atoms with Gasteiger partial charge in [0.1, 0.15) is 0 Å². The van der Waals surface area contributed by atoms with Crippen LogP contribution < -0.4 is 4.90 Å². The van der Waals surface area contributed by atoms with Gasteiger partial charge in [-0.05, 0) is 37.6 Å². The number of fused-ring (bicyclic) bond motifs is 1. The van der Waals surface area contributed by atoms with E-state index in [1.165, 1.54) is 16.7 Å². The standard InChI is InChI=1S/C18H17NO/c1-13(2)16-12-19(17-11-7-6-10-15(16)17)18(20)14-8-4-3-5-9-14/h3-11H,12H2,1-2H3. The quantitative estimate of drug-likeness (QED) is 0.757. The van der Waals surface area contributed by atoms with Crippen molar-refractivity contribution in [2.45, 2.75) is 13.8 Å². The largest absolute Gasteiger partial charge is 0.303 e. The molecule has 0 unspecified atom stereocenters. The topological polar surface area (TPSA) is 20.3 Å². The fourth-order valence-electron chi connectivity index (χ4n) is 2.64. The van der Waals surface area contributed by atoms with E-state index in [4.69, 9.17) is 0 Å². The number of rotatable bonds is 1. The van der Waals surface area contributed by atoms with E-state index in [-0.39, 0.29) is 5.91 Å². The number of para-hydroxylation sites is 1. The molecule has 2 heteroatoms. The van der Waals surface area contributed by atoms with Crippen LogP contribution >= 0.6 is 0 Å². The Balaban J connectivity index is 2.05. The number of amides is 1. The molecular formula is C18H17NO. The summed E-state index contributed by atoms with van der Waals surface area (Å²) in [5.41, 5.74) is 5.44. The van der Waals surface area contributed by atoms with Gasteiger partial charge in [-0.2, -0.15) is 0 Å². The van der Waals surface area contributed by atoms with Crippen LogP contribution in [0.4, 0.5) is 5.69 Å². The van der Waals surface area contributed by atoms with E-state index in [1.807, 2.05) is 53.4 Å². The Morgan fingerprint density at radius 2 is 1.60 bits per heavy atom. The molecule has 0 N–H and O–H groups in total. The van der Waals surface area contributed by atoms with E-state index >= 15 is 0 Å². The Labute approximate surface area is 119 Å². The van der Waals surface area contributed by atoms with E-state index in [2.05, 4.69) is 19.9 Å². The third-order valence-electron chi connectivity index (χ3n) is 3.71. The molecule has 1 heterocycles. The number of allylic oxidation sites excluding steroid dienone is 1. The minimum atomic E-state index is 0.0642. The molecule has 0 saturated heterocycles. The molecular weight excluding hydrogens is 246 g/mol. The van der Waals surface area contributed by atoms with Gasteiger partial charge in [-0.15, -0.1) is 0 Å². The summed E-state index contributed by atoms with van der Waals surface area (Å²) in [4.78, 5) is 14.5. The third kappa shape index (κ3) is 2.03. The van der Waals surface area contributed by atoms with Crippen LogP contribution in [0.5, 0.6) is 0 Å². The first kappa shape index (κ1) is 12.7. The van der Waals surface area contributed by atoms with Crippen LogP contribution in [-0.4, -0.2) is 12.5 Å². The molecule has 3 rings (SSSR count). The van der Waals surface area contributed by atoms with Crippen LogP contribution in [0.25, 0.3) is 5.57 Å². The van der Waals surface area contributed by atoms with Gasteiger partial charge in [0.05, 0.1) is 12.2 Å². The van der Waals surface area contributed by atoms with Crippen LogP contribution in [0.1, 0.15) is 29.8 Å². The predicted molar refractivity (Wildman–Crippen MR) is 82.8 cm³/mol. The number of hydrogen-bond donors (Lipinski definition) is 0. The van der Waals surface area contributed by atoms with Crippen LogP contribution in [-0.2, 0) is 0 Å². The second kappa shape index (κ2) is 4.97. The minimum absolute atomic E-state index is 0.0642. The van der Waals surface area contributed by atoms with Gasteiger partial charge in [0.15, 0.2) is 0 Å². The summed E-state index contributed by atoms with van der Waals surface area (Å²) in [5, 5.41) is 0. The molecule has 0 saturated carbocycles. The molecule has 0 spiro atoms. The second-order valence-electron chi connectivity index (χ2n) is 5.25. The van der Waals surface area contributed by atoms with Crippen molar-refractivity contribution < 1.29 is 4.79 Å². The highest BCUT2D eigenvalue weighted by molar-refractivity contribution is 6.11. The molecule has 0 atom stereocenters. The van der Waals surface area contributed by atoms with Gasteiger partial charge >= 0.3 is 0 Å². The lowest BCUT2D eigenvalue weighted by atomic mass is 10.0. The number of nitrogens with zero attached hydrogens (tertiary/aromatic N) is 1. The zero-order valence-electron chi connectivity index (χ0n) is 11.8. The molecule has 0 aromatic heterocycles. The molecule has 0 fully saturated rings. The molecule has 2 aromatic rings. The van der Waals surface area contributed by atoms with E-state index in [0.717, 1.165) is 11.3 Å². The van der Waals surface area contributed by atoms with Crippen molar-refractivity contribution in [2.75, 3.05) is 11.4 Å². The summed E-state index contributed by atoms with van der Waals surface area (Å²) < 4.78 is 0. The first-order valence-electron chi connectivity index (χ1n) is 6.81. The molecule has 1 aliphatic rings. The monoisotopic (exact) mass is 263 g/mol. The van der Waals surface area contributed by atoms with Crippen molar-refractivity contribution in [1.29, 1.82) is 0 Å². The highest BCUT2D eigenvalue weighted by atomic mass is 16.2. The van der Waals surface area contributed by atoms with E-state index in [1.54, 1.807) is 0 Å². The Kier molecular flexibility index (Phi) is 3.15. The van der Waals surface area contributed by atoms with Crippen molar-refractivity contribution in [3.8, 4) is 0 Å².